The molecule has 0 spiro atoms. The van der Waals surface area contributed by atoms with Crippen molar-refractivity contribution < 1.29 is 18.8 Å². The van der Waals surface area contributed by atoms with E-state index in [9.17, 15) is 4.79 Å². The minimum absolute atomic E-state index is 0.0222. The molecule has 1 aromatic heterocycles. The Kier molecular flexibility index (Phi) is 4.80. The maximum Gasteiger partial charge on any atom is 0.397 e. The number of nitrogens with zero attached hydrogens (tertiary/aromatic N) is 2. The van der Waals surface area contributed by atoms with Crippen LogP contribution >= 0.6 is 11.6 Å². The molecule has 1 aromatic carbocycles. The maximum atomic E-state index is 11.5. The zero-order valence-corrected chi connectivity index (χ0v) is 12.7. The second-order valence-corrected chi connectivity index (χ2v) is 4.86. The molecule has 112 valence electrons. The van der Waals surface area contributed by atoms with E-state index in [1.807, 2.05) is 13.8 Å². The lowest BCUT2D eigenvalue weighted by Crippen LogP contribution is -2.06. The molecule has 1 heterocycles. The van der Waals surface area contributed by atoms with Crippen LogP contribution in [0.3, 0.4) is 0 Å². The molecule has 2 rings (SSSR count). The zero-order valence-electron chi connectivity index (χ0n) is 11.9. The molecule has 0 radical (unpaired) electrons. The van der Waals surface area contributed by atoms with Crippen LogP contribution in [0.2, 0.25) is 5.02 Å². The Labute approximate surface area is 127 Å². The molecular formula is C14H15ClN2O4. The van der Waals surface area contributed by atoms with Crippen LogP contribution < -0.4 is 4.74 Å². The SMILES string of the molecule is CCOC(=O)c1nc(-c2ccc(OC(C)C)c(Cl)c2)no1. The van der Waals surface area contributed by atoms with E-state index in [4.69, 9.17) is 25.6 Å². The Balaban J connectivity index is 2.23. The lowest BCUT2D eigenvalue weighted by Gasteiger charge is -2.11. The van der Waals surface area contributed by atoms with E-state index in [0.717, 1.165) is 0 Å². The first-order chi connectivity index (χ1) is 10.0. The van der Waals surface area contributed by atoms with Gasteiger partial charge in [0.15, 0.2) is 0 Å². The van der Waals surface area contributed by atoms with Crippen LogP contribution in [0.15, 0.2) is 22.7 Å². The van der Waals surface area contributed by atoms with Crippen molar-refractivity contribution in [2.75, 3.05) is 6.61 Å². The summed E-state index contributed by atoms with van der Waals surface area (Å²) in [6.07, 6.45) is 0.0222. The van der Waals surface area contributed by atoms with E-state index in [1.54, 1.807) is 25.1 Å². The van der Waals surface area contributed by atoms with Crippen molar-refractivity contribution in [2.24, 2.45) is 0 Å². The molecule has 0 fully saturated rings. The second-order valence-electron chi connectivity index (χ2n) is 4.46. The Morgan fingerprint density at radius 3 is 2.81 bits per heavy atom. The van der Waals surface area contributed by atoms with Gasteiger partial charge in [0.2, 0.25) is 5.82 Å². The molecule has 0 unspecified atom stereocenters. The highest BCUT2D eigenvalue weighted by molar-refractivity contribution is 6.32. The van der Waals surface area contributed by atoms with Gasteiger partial charge in [0.25, 0.3) is 0 Å². The van der Waals surface area contributed by atoms with Gasteiger partial charge in [-0.1, -0.05) is 16.8 Å². The van der Waals surface area contributed by atoms with Gasteiger partial charge in [-0.3, -0.25) is 0 Å². The number of esters is 1. The van der Waals surface area contributed by atoms with E-state index >= 15 is 0 Å². The van der Waals surface area contributed by atoms with E-state index in [1.165, 1.54) is 0 Å². The highest BCUT2D eigenvalue weighted by Gasteiger charge is 2.17. The highest BCUT2D eigenvalue weighted by atomic mass is 35.5. The van der Waals surface area contributed by atoms with E-state index in [0.29, 0.717) is 16.3 Å². The summed E-state index contributed by atoms with van der Waals surface area (Å²) in [5, 5.41) is 4.17. The fourth-order valence-corrected chi connectivity index (χ4v) is 1.83. The van der Waals surface area contributed by atoms with Crippen molar-refractivity contribution in [1.82, 2.24) is 10.1 Å². The lowest BCUT2D eigenvalue weighted by molar-refractivity contribution is 0.0470. The van der Waals surface area contributed by atoms with Gasteiger partial charge in [0.1, 0.15) is 5.75 Å². The van der Waals surface area contributed by atoms with Crippen molar-refractivity contribution in [3.63, 3.8) is 0 Å². The number of carbonyl (C=O) groups is 1. The minimum atomic E-state index is -0.651. The molecule has 0 saturated heterocycles. The number of halogens is 1. The van der Waals surface area contributed by atoms with E-state index in [-0.39, 0.29) is 24.4 Å². The quantitative estimate of drug-likeness (QED) is 0.788. The third kappa shape index (κ3) is 3.72. The highest BCUT2D eigenvalue weighted by Crippen LogP contribution is 2.30. The van der Waals surface area contributed by atoms with Crippen molar-refractivity contribution >= 4 is 17.6 Å². The summed E-state index contributed by atoms with van der Waals surface area (Å²) in [4.78, 5) is 15.4. The average Bonchev–Trinajstić information content (AvgIpc) is 2.90. The van der Waals surface area contributed by atoms with Gasteiger partial charge in [0.05, 0.1) is 17.7 Å². The van der Waals surface area contributed by atoms with Crippen LogP contribution in [0.1, 0.15) is 31.5 Å². The second kappa shape index (κ2) is 6.58. The van der Waals surface area contributed by atoms with Gasteiger partial charge in [-0.05, 0) is 39.0 Å². The molecule has 7 heteroatoms. The van der Waals surface area contributed by atoms with Crippen LogP contribution in [0.4, 0.5) is 0 Å². The third-order valence-corrected chi connectivity index (χ3v) is 2.72. The largest absolute Gasteiger partial charge is 0.489 e. The minimum Gasteiger partial charge on any atom is -0.489 e. The molecule has 0 amide bonds. The summed E-state index contributed by atoms with van der Waals surface area (Å²) in [5.41, 5.74) is 0.621. The first kappa shape index (κ1) is 15.3. The molecule has 0 aliphatic heterocycles. The topological polar surface area (TPSA) is 74.5 Å². The molecule has 0 aliphatic carbocycles. The number of hydrogen-bond acceptors (Lipinski definition) is 6. The van der Waals surface area contributed by atoms with Gasteiger partial charge in [-0.25, -0.2) is 4.79 Å². The molecule has 0 N–H and O–H groups in total. The monoisotopic (exact) mass is 310 g/mol. The Bertz CT molecular complexity index is 640. The number of ether oxygens (including phenoxy) is 2. The molecule has 0 bridgehead atoms. The first-order valence-corrected chi connectivity index (χ1v) is 6.86. The molecule has 6 nitrogen and oxygen atoms in total. The third-order valence-electron chi connectivity index (χ3n) is 2.43. The fraction of sp³-hybridized carbons (Fsp3) is 0.357. The van der Waals surface area contributed by atoms with Crippen LogP contribution in [-0.2, 0) is 4.74 Å². The predicted molar refractivity (Wildman–Crippen MR) is 76.5 cm³/mol. The number of hydrogen-bond donors (Lipinski definition) is 0. The van der Waals surface area contributed by atoms with E-state index in [2.05, 4.69) is 10.1 Å². The molecule has 21 heavy (non-hydrogen) atoms. The van der Waals surface area contributed by atoms with Crippen molar-refractivity contribution in [3.05, 3.63) is 29.1 Å². The van der Waals surface area contributed by atoms with Crippen molar-refractivity contribution in [2.45, 2.75) is 26.9 Å². The van der Waals surface area contributed by atoms with Gasteiger partial charge in [-0.15, -0.1) is 0 Å². The van der Waals surface area contributed by atoms with Gasteiger partial charge in [0, 0.05) is 5.56 Å². The summed E-state index contributed by atoms with van der Waals surface area (Å²) in [7, 11) is 0. The average molecular weight is 311 g/mol. The zero-order chi connectivity index (χ0) is 15.4. The Hall–Kier alpha value is -2.08. The van der Waals surface area contributed by atoms with Crippen LogP contribution in [0, 0.1) is 0 Å². The van der Waals surface area contributed by atoms with Crippen LogP contribution in [-0.4, -0.2) is 28.8 Å². The molecule has 0 aliphatic rings. The first-order valence-electron chi connectivity index (χ1n) is 6.48. The Morgan fingerprint density at radius 1 is 1.43 bits per heavy atom. The van der Waals surface area contributed by atoms with Gasteiger partial charge in [-0.2, -0.15) is 4.98 Å². The number of carbonyl (C=O) groups excluding carboxylic acids is 1. The smallest absolute Gasteiger partial charge is 0.397 e. The number of rotatable bonds is 5. The van der Waals surface area contributed by atoms with Gasteiger partial charge >= 0.3 is 11.9 Å². The molecule has 2 aromatic rings. The van der Waals surface area contributed by atoms with Crippen molar-refractivity contribution in [1.29, 1.82) is 0 Å². The summed E-state index contributed by atoms with van der Waals surface area (Å²) in [5.74, 6) is -0.00633. The van der Waals surface area contributed by atoms with Crippen molar-refractivity contribution in [3.8, 4) is 17.1 Å². The Morgan fingerprint density at radius 2 is 2.19 bits per heavy atom. The van der Waals surface area contributed by atoms with Crippen LogP contribution in [0.5, 0.6) is 5.75 Å². The maximum absolute atomic E-state index is 11.5. The normalized spacial score (nSPS) is 10.7. The fourth-order valence-electron chi connectivity index (χ4n) is 1.61. The summed E-state index contributed by atoms with van der Waals surface area (Å²) in [6, 6.07) is 5.11. The van der Waals surface area contributed by atoms with Crippen LogP contribution in [0.25, 0.3) is 11.4 Å². The summed E-state index contributed by atoms with van der Waals surface area (Å²) < 4.78 is 15.2. The van der Waals surface area contributed by atoms with E-state index < -0.39 is 5.97 Å². The van der Waals surface area contributed by atoms with Gasteiger partial charge < -0.3 is 14.0 Å². The molecular weight excluding hydrogens is 296 g/mol. The summed E-state index contributed by atoms with van der Waals surface area (Å²) >= 11 is 6.14. The number of benzene rings is 1. The molecule has 0 atom stereocenters. The number of aromatic nitrogens is 2. The lowest BCUT2D eigenvalue weighted by atomic mass is 10.2. The molecule has 0 saturated carbocycles. The summed E-state index contributed by atoms with van der Waals surface area (Å²) in [6.45, 7) is 5.76. The predicted octanol–water partition coefficient (Wildman–Crippen LogP) is 3.35. The standard InChI is InChI=1S/C14H15ClN2O4/c1-4-19-14(18)13-16-12(17-21-13)9-5-6-11(10(15)7-9)20-8(2)3/h5-8H,4H2,1-3H3.